The molecule has 2 heterocycles. The minimum Gasteiger partial charge on any atom is -0.337 e. The summed E-state index contributed by atoms with van der Waals surface area (Å²) in [7, 11) is 0. The molecule has 0 radical (unpaired) electrons. The van der Waals surface area contributed by atoms with Crippen LogP contribution in [-0.2, 0) is 0 Å². The van der Waals surface area contributed by atoms with Gasteiger partial charge in [-0.1, -0.05) is 42.5 Å². The Morgan fingerprint density at radius 2 is 1.39 bits per heavy atom. The normalized spacial score (nSPS) is 14.3. The van der Waals surface area contributed by atoms with Crippen molar-refractivity contribution in [3.05, 3.63) is 89.4 Å². The van der Waals surface area contributed by atoms with Crippen molar-refractivity contribution >= 4 is 11.8 Å². The van der Waals surface area contributed by atoms with Gasteiger partial charge in [0.2, 0.25) is 0 Å². The average Bonchev–Trinajstić information content (AvgIpc) is 3.05. The smallest absolute Gasteiger partial charge is 0.256 e. The number of hydrogen-bond donors (Lipinski definition) is 0. The second kappa shape index (κ2) is 9.08. The second-order valence-corrected chi connectivity index (χ2v) is 7.61. The molecule has 2 amide bonds. The van der Waals surface area contributed by atoms with Crippen LogP contribution < -0.4 is 0 Å². The molecule has 158 valence electrons. The lowest BCUT2D eigenvalue weighted by molar-refractivity contribution is 0.0715. The van der Waals surface area contributed by atoms with Gasteiger partial charge in [0.15, 0.2) is 0 Å². The topological polar surface area (TPSA) is 53.5 Å². The van der Waals surface area contributed by atoms with Crippen molar-refractivity contribution in [3.63, 3.8) is 0 Å². The number of carbonyl (C=O) groups excluding carboxylic acids is 2. The first kappa shape index (κ1) is 20.7. The number of halogens is 1. The molecule has 0 spiro atoms. The molecule has 0 bridgehead atoms. The number of hydrogen-bond acceptors (Lipinski definition) is 3. The first-order chi connectivity index (χ1) is 15.0. The lowest BCUT2D eigenvalue weighted by Gasteiger charge is -2.23. The fraction of sp³-hybridized carbons (Fsp3) is 0.240. The molecular weight excluding hydrogens is 393 g/mol. The molecule has 0 unspecified atom stereocenters. The van der Waals surface area contributed by atoms with E-state index in [0.717, 1.165) is 11.3 Å². The summed E-state index contributed by atoms with van der Waals surface area (Å²) in [5, 5.41) is 0. The lowest BCUT2D eigenvalue weighted by Crippen LogP contribution is -2.37. The zero-order valence-electron chi connectivity index (χ0n) is 17.4. The van der Waals surface area contributed by atoms with Crippen molar-refractivity contribution < 1.29 is 14.0 Å². The minimum atomic E-state index is -0.523. The Bertz CT molecular complexity index is 1100. The van der Waals surface area contributed by atoms with Crippen LogP contribution in [0.3, 0.4) is 0 Å². The van der Waals surface area contributed by atoms with Crippen LogP contribution in [0.1, 0.15) is 32.8 Å². The lowest BCUT2D eigenvalue weighted by atomic mass is 10.1. The molecule has 1 saturated heterocycles. The van der Waals surface area contributed by atoms with Gasteiger partial charge >= 0.3 is 0 Å². The summed E-state index contributed by atoms with van der Waals surface area (Å²) in [6.07, 6.45) is 0.639. The van der Waals surface area contributed by atoms with Crippen LogP contribution in [0.15, 0.2) is 66.7 Å². The van der Waals surface area contributed by atoms with Crippen LogP contribution in [0, 0.1) is 12.7 Å². The number of rotatable bonds is 3. The zero-order valence-corrected chi connectivity index (χ0v) is 17.4. The highest BCUT2D eigenvalue weighted by Gasteiger charge is 2.25. The summed E-state index contributed by atoms with van der Waals surface area (Å²) < 4.78 is 14.0. The van der Waals surface area contributed by atoms with Gasteiger partial charge in [-0.25, -0.2) is 4.39 Å². The molecule has 2 aromatic carbocycles. The van der Waals surface area contributed by atoms with Gasteiger partial charge in [-0.05, 0) is 37.6 Å². The number of aryl methyl sites for hydroxylation is 1. The highest BCUT2D eigenvalue weighted by molar-refractivity contribution is 5.96. The summed E-state index contributed by atoms with van der Waals surface area (Å²) in [5.74, 6) is -0.952. The maximum absolute atomic E-state index is 14.0. The molecule has 0 N–H and O–H groups in total. The van der Waals surface area contributed by atoms with Crippen molar-refractivity contribution in [2.45, 2.75) is 13.3 Å². The quantitative estimate of drug-likeness (QED) is 0.642. The molecule has 1 aliphatic heterocycles. The predicted octanol–water partition coefficient (Wildman–Crippen LogP) is 4.18. The monoisotopic (exact) mass is 417 g/mol. The minimum absolute atomic E-state index is 0.0684. The highest BCUT2D eigenvalue weighted by atomic mass is 19.1. The van der Waals surface area contributed by atoms with E-state index in [1.807, 2.05) is 49.4 Å². The Kier molecular flexibility index (Phi) is 6.07. The third-order valence-electron chi connectivity index (χ3n) is 5.56. The fourth-order valence-corrected chi connectivity index (χ4v) is 3.86. The number of amides is 2. The van der Waals surface area contributed by atoms with E-state index in [9.17, 15) is 14.0 Å². The van der Waals surface area contributed by atoms with E-state index in [4.69, 9.17) is 0 Å². The van der Waals surface area contributed by atoms with E-state index in [-0.39, 0.29) is 17.4 Å². The molecule has 1 fully saturated rings. The molecule has 0 saturated carbocycles. The van der Waals surface area contributed by atoms with Crippen molar-refractivity contribution in [2.75, 3.05) is 26.2 Å². The number of benzene rings is 2. The summed E-state index contributed by atoms with van der Waals surface area (Å²) in [6.45, 7) is 3.64. The van der Waals surface area contributed by atoms with Gasteiger partial charge in [0, 0.05) is 31.7 Å². The van der Waals surface area contributed by atoms with Gasteiger partial charge in [-0.3, -0.25) is 14.6 Å². The van der Waals surface area contributed by atoms with Crippen molar-refractivity contribution in [1.82, 2.24) is 14.8 Å². The second-order valence-electron chi connectivity index (χ2n) is 7.61. The third-order valence-corrected chi connectivity index (χ3v) is 5.56. The number of pyridine rings is 1. The standard InChI is InChI=1S/C25H24FN3O2/c1-18-20(12-13-23(27-18)19-8-3-2-4-9-19)24(30)28-14-7-15-29(17-16-28)25(31)21-10-5-6-11-22(21)26/h2-6,8-13H,7,14-17H2,1H3. The molecule has 6 heteroatoms. The van der Waals surface area contributed by atoms with Gasteiger partial charge in [-0.15, -0.1) is 0 Å². The molecule has 4 rings (SSSR count). The summed E-state index contributed by atoms with van der Waals surface area (Å²) in [6, 6.07) is 19.5. The molecule has 0 aliphatic carbocycles. The van der Waals surface area contributed by atoms with Crippen molar-refractivity contribution in [3.8, 4) is 11.3 Å². The van der Waals surface area contributed by atoms with Gasteiger partial charge < -0.3 is 9.80 Å². The maximum Gasteiger partial charge on any atom is 0.256 e. The number of carbonyl (C=O) groups is 2. The Morgan fingerprint density at radius 3 is 2.03 bits per heavy atom. The molecule has 1 aromatic heterocycles. The third kappa shape index (κ3) is 4.48. The SMILES string of the molecule is Cc1nc(-c2ccccc2)ccc1C(=O)N1CCCN(C(=O)c2ccccc2F)CC1. The summed E-state index contributed by atoms with van der Waals surface area (Å²) >= 11 is 0. The van der Waals surface area contributed by atoms with E-state index in [2.05, 4.69) is 4.98 Å². The summed E-state index contributed by atoms with van der Waals surface area (Å²) in [5.41, 5.74) is 3.14. The maximum atomic E-state index is 14.0. The highest BCUT2D eigenvalue weighted by Crippen LogP contribution is 2.20. The first-order valence-corrected chi connectivity index (χ1v) is 10.4. The van der Waals surface area contributed by atoms with E-state index in [1.54, 1.807) is 21.9 Å². The predicted molar refractivity (Wildman–Crippen MR) is 117 cm³/mol. The Labute approximate surface area is 181 Å². The summed E-state index contributed by atoms with van der Waals surface area (Å²) in [4.78, 5) is 33.9. The van der Waals surface area contributed by atoms with E-state index < -0.39 is 5.82 Å². The largest absolute Gasteiger partial charge is 0.337 e. The van der Waals surface area contributed by atoms with Crippen LogP contribution in [0.2, 0.25) is 0 Å². The van der Waals surface area contributed by atoms with Crippen LogP contribution in [-0.4, -0.2) is 52.8 Å². The molecule has 5 nitrogen and oxygen atoms in total. The van der Waals surface area contributed by atoms with Gasteiger partial charge in [-0.2, -0.15) is 0 Å². The van der Waals surface area contributed by atoms with Gasteiger partial charge in [0.05, 0.1) is 22.5 Å². The van der Waals surface area contributed by atoms with Crippen LogP contribution in [0.25, 0.3) is 11.3 Å². The Hall–Kier alpha value is -3.54. The van der Waals surface area contributed by atoms with Crippen LogP contribution in [0.4, 0.5) is 4.39 Å². The molecule has 0 atom stereocenters. The van der Waals surface area contributed by atoms with Crippen LogP contribution >= 0.6 is 0 Å². The molecule has 3 aromatic rings. The van der Waals surface area contributed by atoms with Crippen molar-refractivity contribution in [2.24, 2.45) is 0 Å². The first-order valence-electron chi connectivity index (χ1n) is 10.4. The Balaban J connectivity index is 1.46. The fourth-order valence-electron chi connectivity index (χ4n) is 3.86. The Morgan fingerprint density at radius 1 is 0.774 bits per heavy atom. The number of aromatic nitrogens is 1. The van der Waals surface area contributed by atoms with E-state index >= 15 is 0 Å². The van der Waals surface area contributed by atoms with E-state index in [0.29, 0.717) is 43.9 Å². The zero-order chi connectivity index (χ0) is 21.8. The van der Waals surface area contributed by atoms with E-state index in [1.165, 1.54) is 12.1 Å². The molecular formula is C25H24FN3O2. The number of nitrogens with zero attached hydrogens (tertiary/aromatic N) is 3. The van der Waals surface area contributed by atoms with Gasteiger partial charge in [0.1, 0.15) is 5.82 Å². The molecule has 1 aliphatic rings. The van der Waals surface area contributed by atoms with Crippen molar-refractivity contribution in [1.29, 1.82) is 0 Å². The molecule has 31 heavy (non-hydrogen) atoms. The average molecular weight is 417 g/mol. The van der Waals surface area contributed by atoms with Crippen LogP contribution in [0.5, 0.6) is 0 Å². The van der Waals surface area contributed by atoms with Gasteiger partial charge in [0.25, 0.3) is 11.8 Å².